The number of nitrogens with two attached hydrogens (primary N) is 1. The average Bonchev–Trinajstić information content (AvgIpc) is 2.48. The lowest BCUT2D eigenvalue weighted by Gasteiger charge is -2.14. The van der Waals surface area contributed by atoms with E-state index in [9.17, 15) is 26.3 Å². The first-order valence-corrected chi connectivity index (χ1v) is 6.29. The first-order valence-electron chi connectivity index (χ1n) is 6.29. The molecule has 0 aliphatic carbocycles. The second-order valence-electron chi connectivity index (χ2n) is 4.56. The van der Waals surface area contributed by atoms with Crippen LogP contribution in [0.5, 0.6) is 0 Å². The van der Waals surface area contributed by atoms with Gasteiger partial charge in [-0.05, 0) is 23.8 Å². The minimum Gasteiger partial charge on any atom is -0.505 e. The van der Waals surface area contributed by atoms with Crippen molar-refractivity contribution in [3.05, 3.63) is 59.2 Å². The zero-order valence-electron chi connectivity index (χ0n) is 12.0. The number of alkyl halides is 6. The molecule has 1 rings (SSSR count). The van der Waals surface area contributed by atoms with Crippen LogP contribution in [0.2, 0.25) is 0 Å². The van der Waals surface area contributed by atoms with Crippen molar-refractivity contribution in [2.75, 3.05) is 0 Å². The molecule has 4 nitrogen and oxygen atoms in total. The fraction of sp³-hybridized carbons (Fsp3) is 0.214. The Morgan fingerprint density at radius 1 is 1.12 bits per heavy atom. The van der Waals surface area contributed by atoms with Crippen LogP contribution in [0.1, 0.15) is 16.7 Å². The summed E-state index contributed by atoms with van der Waals surface area (Å²) in [6, 6.07) is 1.23. The van der Waals surface area contributed by atoms with E-state index < -0.39 is 29.2 Å². The molecule has 0 saturated heterocycles. The number of benzene rings is 1. The van der Waals surface area contributed by atoms with Crippen molar-refractivity contribution >= 4 is 6.21 Å². The Morgan fingerprint density at radius 2 is 1.62 bits per heavy atom. The maximum absolute atomic E-state index is 12.7. The fourth-order valence-electron chi connectivity index (χ4n) is 1.56. The molecule has 0 aliphatic heterocycles. The summed E-state index contributed by atoms with van der Waals surface area (Å²) in [5.74, 6) is -0.481. The van der Waals surface area contributed by atoms with E-state index in [4.69, 9.17) is 10.8 Å². The highest BCUT2D eigenvalue weighted by Crippen LogP contribution is 2.36. The number of aliphatic hydroxyl groups is 1. The summed E-state index contributed by atoms with van der Waals surface area (Å²) in [6.07, 6.45) is -8.09. The number of halogens is 6. The van der Waals surface area contributed by atoms with E-state index in [1.165, 1.54) is 0 Å². The number of rotatable bonds is 5. The fourth-order valence-corrected chi connectivity index (χ4v) is 1.56. The van der Waals surface area contributed by atoms with Crippen LogP contribution in [0.25, 0.3) is 0 Å². The minimum atomic E-state index is -4.91. The molecule has 0 saturated carbocycles. The molecule has 0 unspecified atom stereocenters. The lowest BCUT2D eigenvalue weighted by Crippen LogP contribution is -2.15. The highest BCUT2D eigenvalue weighted by Gasteiger charge is 2.36. The van der Waals surface area contributed by atoms with Crippen molar-refractivity contribution in [1.82, 2.24) is 5.32 Å². The smallest absolute Gasteiger partial charge is 0.416 e. The van der Waals surface area contributed by atoms with Crippen molar-refractivity contribution in [2.24, 2.45) is 10.7 Å². The van der Waals surface area contributed by atoms with Crippen LogP contribution in [0, 0.1) is 0 Å². The average molecular weight is 353 g/mol. The van der Waals surface area contributed by atoms with E-state index >= 15 is 0 Å². The minimum absolute atomic E-state index is 0.0422. The van der Waals surface area contributed by atoms with Crippen LogP contribution in [-0.4, -0.2) is 11.3 Å². The summed E-state index contributed by atoms with van der Waals surface area (Å²) >= 11 is 0. The maximum Gasteiger partial charge on any atom is 0.416 e. The van der Waals surface area contributed by atoms with Gasteiger partial charge in [-0.1, -0.05) is 6.58 Å². The van der Waals surface area contributed by atoms with E-state index in [-0.39, 0.29) is 24.0 Å². The van der Waals surface area contributed by atoms with E-state index in [0.29, 0.717) is 12.1 Å². The Balaban J connectivity index is 2.99. The second-order valence-corrected chi connectivity index (χ2v) is 4.56. The quantitative estimate of drug-likeness (QED) is 0.429. The number of aliphatic hydroxyl groups excluding tert-OH is 1. The SMILES string of the molecule is C=C(N=C/C(O)=C\N)NCc1cc(C(F)(F)F)cc(C(F)(F)F)c1. The van der Waals surface area contributed by atoms with E-state index in [0.717, 1.165) is 12.4 Å². The van der Waals surface area contributed by atoms with E-state index in [1.807, 2.05) is 0 Å². The van der Waals surface area contributed by atoms with Gasteiger partial charge in [0, 0.05) is 12.7 Å². The van der Waals surface area contributed by atoms with Gasteiger partial charge < -0.3 is 16.2 Å². The molecule has 0 atom stereocenters. The van der Waals surface area contributed by atoms with Crippen molar-refractivity contribution in [3.8, 4) is 0 Å². The number of hydrogen-bond donors (Lipinski definition) is 3. The van der Waals surface area contributed by atoms with Gasteiger partial charge >= 0.3 is 12.4 Å². The second kappa shape index (κ2) is 7.28. The molecule has 1 aromatic rings. The molecule has 0 heterocycles. The monoisotopic (exact) mass is 353 g/mol. The maximum atomic E-state index is 12.7. The first-order chi connectivity index (χ1) is 10.9. The van der Waals surface area contributed by atoms with Crippen LogP contribution in [0.4, 0.5) is 26.3 Å². The van der Waals surface area contributed by atoms with Gasteiger partial charge in [0.25, 0.3) is 0 Å². The Labute approximate surface area is 133 Å². The molecule has 132 valence electrons. The number of hydrogen-bond acceptors (Lipinski definition) is 4. The molecule has 0 aliphatic rings. The zero-order valence-corrected chi connectivity index (χ0v) is 12.0. The largest absolute Gasteiger partial charge is 0.505 e. The molecule has 1 aromatic carbocycles. The van der Waals surface area contributed by atoms with Crippen LogP contribution in [-0.2, 0) is 18.9 Å². The van der Waals surface area contributed by atoms with Gasteiger partial charge in [-0.3, -0.25) is 0 Å². The molecular weight excluding hydrogens is 340 g/mol. The number of allylic oxidation sites excluding steroid dienone is 1. The first kappa shape index (κ1) is 19.4. The van der Waals surface area contributed by atoms with Gasteiger partial charge in [-0.25, -0.2) is 4.99 Å². The van der Waals surface area contributed by atoms with Crippen LogP contribution >= 0.6 is 0 Å². The Hall–Kier alpha value is -2.65. The summed E-state index contributed by atoms with van der Waals surface area (Å²) < 4.78 is 76.3. The summed E-state index contributed by atoms with van der Waals surface area (Å²) in [5, 5.41) is 11.4. The summed E-state index contributed by atoms with van der Waals surface area (Å²) in [6.45, 7) is 3.01. The molecule has 10 heteroatoms. The summed E-state index contributed by atoms with van der Waals surface area (Å²) in [4.78, 5) is 3.58. The Bertz CT molecular complexity index is 629. The molecule has 0 bridgehead atoms. The number of aliphatic imine (C=N–C) groups is 1. The zero-order chi connectivity index (χ0) is 18.5. The van der Waals surface area contributed by atoms with Crippen molar-refractivity contribution in [1.29, 1.82) is 0 Å². The lowest BCUT2D eigenvalue weighted by molar-refractivity contribution is -0.143. The number of nitrogens with zero attached hydrogens (tertiary/aromatic N) is 1. The highest BCUT2D eigenvalue weighted by atomic mass is 19.4. The van der Waals surface area contributed by atoms with E-state index in [1.54, 1.807) is 0 Å². The summed E-state index contributed by atoms with van der Waals surface area (Å²) in [5.41, 5.74) is 1.89. The lowest BCUT2D eigenvalue weighted by atomic mass is 10.0. The molecule has 0 radical (unpaired) electrons. The van der Waals surface area contributed by atoms with Gasteiger partial charge in [0.15, 0.2) is 0 Å². The predicted molar refractivity (Wildman–Crippen MR) is 75.8 cm³/mol. The van der Waals surface area contributed by atoms with E-state index in [2.05, 4.69) is 16.9 Å². The Morgan fingerprint density at radius 3 is 2.04 bits per heavy atom. The normalized spacial score (nSPS) is 13.3. The molecule has 24 heavy (non-hydrogen) atoms. The molecule has 0 aromatic heterocycles. The standard InChI is InChI=1S/C14H13F6N3O/c1-8(23-7-12(24)5-21)22-6-9-2-10(13(15,16)17)4-11(3-9)14(18,19)20/h2-5,7,22,24H,1,6,21H2/b12-5+,23-7?. The Kier molecular flexibility index (Phi) is 5.88. The van der Waals surface area contributed by atoms with Crippen LogP contribution in [0.15, 0.2) is 47.6 Å². The molecule has 0 spiro atoms. The van der Waals surface area contributed by atoms with Crippen LogP contribution < -0.4 is 11.1 Å². The van der Waals surface area contributed by atoms with Crippen LogP contribution in [0.3, 0.4) is 0 Å². The third kappa shape index (κ3) is 5.86. The topological polar surface area (TPSA) is 70.6 Å². The molecular formula is C14H13F6N3O. The van der Waals surface area contributed by atoms with Gasteiger partial charge in [-0.15, -0.1) is 0 Å². The number of nitrogens with one attached hydrogen (secondary N) is 1. The van der Waals surface area contributed by atoms with Crippen molar-refractivity contribution in [2.45, 2.75) is 18.9 Å². The highest BCUT2D eigenvalue weighted by molar-refractivity contribution is 5.75. The summed E-state index contributed by atoms with van der Waals surface area (Å²) in [7, 11) is 0. The molecule has 0 amide bonds. The predicted octanol–water partition coefficient (Wildman–Crippen LogP) is 3.71. The van der Waals surface area contributed by atoms with Gasteiger partial charge in [0.1, 0.15) is 11.6 Å². The molecule has 4 N–H and O–H groups in total. The van der Waals surface area contributed by atoms with Crippen molar-refractivity contribution in [3.63, 3.8) is 0 Å². The third-order valence-electron chi connectivity index (χ3n) is 2.67. The van der Waals surface area contributed by atoms with Crippen molar-refractivity contribution < 1.29 is 31.4 Å². The molecule has 0 fully saturated rings. The van der Waals surface area contributed by atoms with Gasteiger partial charge in [-0.2, -0.15) is 26.3 Å². The van der Waals surface area contributed by atoms with Gasteiger partial charge in [0.05, 0.1) is 17.3 Å². The third-order valence-corrected chi connectivity index (χ3v) is 2.67. The van der Waals surface area contributed by atoms with Gasteiger partial charge in [0.2, 0.25) is 0 Å².